The number of benzene rings is 2. The number of nitrogens with zero attached hydrogens (tertiary/aromatic N) is 1. The summed E-state index contributed by atoms with van der Waals surface area (Å²) in [6.45, 7) is 2.63. The maximum Gasteiger partial charge on any atom is 0.290 e. The average Bonchev–Trinajstić information content (AvgIpc) is 3.47. The van der Waals surface area contributed by atoms with Gasteiger partial charge in [-0.2, -0.15) is 0 Å². The molecule has 6 rings (SSSR count). The van der Waals surface area contributed by atoms with Crippen molar-refractivity contribution in [2.75, 3.05) is 21.0 Å². The summed E-state index contributed by atoms with van der Waals surface area (Å²) in [6.07, 6.45) is 2.30. The molecule has 1 aliphatic carbocycles. The van der Waals surface area contributed by atoms with Crippen molar-refractivity contribution in [3.8, 4) is 23.0 Å². The largest absolute Gasteiger partial charge is 0.493 e. The van der Waals surface area contributed by atoms with E-state index in [1.807, 2.05) is 30.3 Å². The summed E-state index contributed by atoms with van der Waals surface area (Å²) in [5, 5.41) is 0. The molecular formula is C28H29NO7. The zero-order valence-electron chi connectivity index (χ0n) is 20.6. The first kappa shape index (κ1) is 22.8. The summed E-state index contributed by atoms with van der Waals surface area (Å²) in [6, 6.07) is 10.6. The number of rotatable bonds is 5. The number of ether oxygens (including phenoxy) is 5. The standard InChI is InChI=1S/C28H29NO7/c1-15-4-7-19-18(10-15)26(30)24-25(17-6-9-20(32-2)22(12-17)33-3)29(28(31)27(24)36-19)13-16-5-8-21-23(11-16)35-14-34-21/h5-6,8-9,11-12,15,18-19,25H,4,7,10,13-14H2,1-3H3. The van der Waals surface area contributed by atoms with Crippen LogP contribution in [0.3, 0.4) is 0 Å². The molecule has 2 aromatic carbocycles. The van der Waals surface area contributed by atoms with Crippen LogP contribution in [-0.2, 0) is 20.9 Å². The topological polar surface area (TPSA) is 83.5 Å². The third-order valence-corrected chi connectivity index (χ3v) is 7.72. The highest BCUT2D eigenvalue weighted by atomic mass is 16.7. The predicted molar refractivity (Wildman–Crippen MR) is 129 cm³/mol. The quantitative estimate of drug-likeness (QED) is 0.621. The summed E-state index contributed by atoms with van der Waals surface area (Å²) < 4.78 is 28.2. The molecule has 1 saturated carbocycles. The molecule has 4 unspecified atom stereocenters. The Morgan fingerprint density at radius 1 is 0.972 bits per heavy atom. The van der Waals surface area contributed by atoms with Gasteiger partial charge in [0, 0.05) is 6.54 Å². The molecule has 1 amide bonds. The molecule has 3 aliphatic heterocycles. The maximum absolute atomic E-state index is 13.9. The number of methoxy groups -OCH3 is 2. The Morgan fingerprint density at radius 2 is 1.78 bits per heavy atom. The van der Waals surface area contributed by atoms with Gasteiger partial charge < -0.3 is 28.6 Å². The van der Waals surface area contributed by atoms with Gasteiger partial charge in [-0.15, -0.1) is 0 Å². The lowest BCUT2D eigenvalue weighted by Gasteiger charge is -2.37. The van der Waals surface area contributed by atoms with E-state index < -0.39 is 6.04 Å². The number of ketones is 1. The molecule has 2 aromatic rings. The van der Waals surface area contributed by atoms with Crippen LogP contribution >= 0.6 is 0 Å². The highest BCUT2D eigenvalue weighted by molar-refractivity contribution is 6.11. The third-order valence-electron chi connectivity index (χ3n) is 7.72. The van der Waals surface area contributed by atoms with Gasteiger partial charge in [0.1, 0.15) is 6.10 Å². The molecule has 0 aromatic heterocycles. The maximum atomic E-state index is 13.9. The lowest BCUT2D eigenvalue weighted by Crippen LogP contribution is -2.41. The molecule has 188 valence electrons. The van der Waals surface area contributed by atoms with Gasteiger partial charge in [-0.3, -0.25) is 9.59 Å². The first-order valence-corrected chi connectivity index (χ1v) is 12.3. The highest BCUT2D eigenvalue weighted by Gasteiger charge is 2.52. The Balaban J connectivity index is 1.43. The van der Waals surface area contributed by atoms with Crippen molar-refractivity contribution < 1.29 is 33.3 Å². The highest BCUT2D eigenvalue weighted by Crippen LogP contribution is 2.49. The van der Waals surface area contributed by atoms with Crippen LogP contribution in [0.15, 0.2) is 47.7 Å². The normalized spacial score (nSPS) is 26.5. The van der Waals surface area contributed by atoms with Crippen LogP contribution < -0.4 is 18.9 Å². The van der Waals surface area contributed by atoms with Crippen molar-refractivity contribution in [3.05, 3.63) is 58.9 Å². The molecule has 0 spiro atoms. The zero-order valence-corrected chi connectivity index (χ0v) is 20.6. The fourth-order valence-electron chi connectivity index (χ4n) is 5.89. The van der Waals surface area contributed by atoms with E-state index in [1.165, 1.54) is 0 Å². The smallest absolute Gasteiger partial charge is 0.290 e. The van der Waals surface area contributed by atoms with Gasteiger partial charge >= 0.3 is 0 Å². The Hall–Kier alpha value is -3.68. The van der Waals surface area contributed by atoms with E-state index >= 15 is 0 Å². The van der Waals surface area contributed by atoms with Crippen LogP contribution in [0.5, 0.6) is 23.0 Å². The first-order valence-electron chi connectivity index (χ1n) is 12.3. The summed E-state index contributed by atoms with van der Waals surface area (Å²) >= 11 is 0. The molecule has 8 heteroatoms. The van der Waals surface area contributed by atoms with Gasteiger partial charge in [0.05, 0.1) is 31.8 Å². The van der Waals surface area contributed by atoms with Crippen molar-refractivity contribution in [2.24, 2.45) is 11.8 Å². The number of carbonyl (C=O) groups is 2. The molecule has 0 radical (unpaired) electrons. The van der Waals surface area contributed by atoms with Crippen molar-refractivity contribution in [2.45, 2.75) is 44.9 Å². The predicted octanol–water partition coefficient (Wildman–Crippen LogP) is 4.17. The number of hydrogen-bond donors (Lipinski definition) is 0. The van der Waals surface area contributed by atoms with Gasteiger partial charge in [0.15, 0.2) is 34.5 Å². The lowest BCUT2D eigenvalue weighted by molar-refractivity contribution is -0.136. The van der Waals surface area contributed by atoms with Crippen molar-refractivity contribution in [1.82, 2.24) is 4.90 Å². The van der Waals surface area contributed by atoms with E-state index in [2.05, 4.69) is 6.92 Å². The van der Waals surface area contributed by atoms with E-state index in [0.29, 0.717) is 34.5 Å². The van der Waals surface area contributed by atoms with Crippen LogP contribution in [0, 0.1) is 11.8 Å². The average molecular weight is 492 g/mol. The number of carbonyl (C=O) groups excluding carboxylic acids is 2. The van der Waals surface area contributed by atoms with Gasteiger partial charge in [0.2, 0.25) is 6.79 Å². The van der Waals surface area contributed by atoms with Crippen LogP contribution in [-0.4, -0.2) is 43.7 Å². The molecule has 4 atom stereocenters. The Bertz CT molecular complexity index is 1270. The monoisotopic (exact) mass is 491 g/mol. The van der Waals surface area contributed by atoms with Crippen molar-refractivity contribution in [1.29, 1.82) is 0 Å². The molecule has 0 N–H and O–H groups in total. The van der Waals surface area contributed by atoms with Crippen LogP contribution in [0.2, 0.25) is 0 Å². The molecule has 1 fully saturated rings. The Labute approximate surface area is 209 Å². The number of Topliss-reactive ketones (excluding diaryl/α,β-unsaturated/α-hetero) is 1. The summed E-state index contributed by atoms with van der Waals surface area (Å²) in [7, 11) is 3.14. The minimum absolute atomic E-state index is 0.0223. The van der Waals surface area contributed by atoms with Gasteiger partial charge in [-0.25, -0.2) is 0 Å². The summed E-state index contributed by atoms with van der Waals surface area (Å²) in [5.74, 6) is 2.60. The van der Waals surface area contributed by atoms with E-state index in [0.717, 1.165) is 30.4 Å². The summed E-state index contributed by atoms with van der Waals surface area (Å²) in [5.41, 5.74) is 2.09. The van der Waals surface area contributed by atoms with E-state index in [9.17, 15) is 9.59 Å². The molecule has 0 saturated heterocycles. The zero-order chi connectivity index (χ0) is 25.0. The Kier molecular flexibility index (Phi) is 5.54. The summed E-state index contributed by atoms with van der Waals surface area (Å²) in [4.78, 5) is 29.4. The molecule has 36 heavy (non-hydrogen) atoms. The minimum Gasteiger partial charge on any atom is -0.493 e. The van der Waals surface area contributed by atoms with E-state index in [1.54, 1.807) is 25.2 Å². The SMILES string of the molecule is COc1ccc(C2C3=C(OC4CCC(C)CC4C3=O)C(=O)N2Cc2ccc3c(c2)OCO3)cc1OC. The molecule has 3 heterocycles. The number of hydrogen-bond acceptors (Lipinski definition) is 7. The third kappa shape index (κ3) is 3.58. The van der Waals surface area contributed by atoms with Crippen LogP contribution in [0.25, 0.3) is 0 Å². The van der Waals surface area contributed by atoms with E-state index in [-0.39, 0.29) is 42.8 Å². The van der Waals surface area contributed by atoms with Crippen molar-refractivity contribution in [3.63, 3.8) is 0 Å². The fourth-order valence-corrected chi connectivity index (χ4v) is 5.89. The Morgan fingerprint density at radius 3 is 2.58 bits per heavy atom. The lowest BCUT2D eigenvalue weighted by atomic mass is 9.74. The van der Waals surface area contributed by atoms with E-state index in [4.69, 9.17) is 23.7 Å². The van der Waals surface area contributed by atoms with Crippen molar-refractivity contribution >= 4 is 11.7 Å². The number of fused-ring (bicyclic) bond motifs is 2. The van der Waals surface area contributed by atoms with Gasteiger partial charge in [-0.1, -0.05) is 19.1 Å². The second-order valence-electron chi connectivity index (χ2n) is 9.93. The second-order valence-corrected chi connectivity index (χ2v) is 9.93. The molecular weight excluding hydrogens is 462 g/mol. The van der Waals surface area contributed by atoms with Gasteiger partial charge in [-0.05, 0) is 60.6 Å². The van der Waals surface area contributed by atoms with Gasteiger partial charge in [0.25, 0.3) is 5.91 Å². The molecule has 0 bridgehead atoms. The molecule has 4 aliphatic rings. The van der Waals surface area contributed by atoms with Crippen LogP contribution in [0.4, 0.5) is 0 Å². The number of amides is 1. The first-order chi connectivity index (χ1) is 17.5. The second kappa shape index (κ2) is 8.76. The minimum atomic E-state index is -0.594. The molecule has 8 nitrogen and oxygen atoms in total. The fraction of sp³-hybridized carbons (Fsp3) is 0.429. The van der Waals surface area contributed by atoms with Crippen LogP contribution in [0.1, 0.15) is 43.4 Å².